The molecular weight excluding hydrogens is 320 g/mol. The average Bonchev–Trinajstić information content (AvgIpc) is 2.98. The van der Waals surface area contributed by atoms with Crippen molar-refractivity contribution in [3.05, 3.63) is 23.0 Å². The Hall–Kier alpha value is -2.22. The molecular formula is C14H21ClN6O2. The molecule has 1 fully saturated rings. The highest BCUT2D eigenvalue weighted by molar-refractivity contribution is 6.30. The summed E-state index contributed by atoms with van der Waals surface area (Å²) in [5.41, 5.74) is 1.05. The molecule has 1 aliphatic rings. The Morgan fingerprint density at radius 3 is 2.78 bits per heavy atom. The van der Waals surface area contributed by atoms with Gasteiger partial charge in [0.2, 0.25) is 5.91 Å². The van der Waals surface area contributed by atoms with Crippen molar-refractivity contribution in [2.75, 3.05) is 33.7 Å². The predicted octanol–water partition coefficient (Wildman–Crippen LogP) is 0.238. The largest absolute Gasteiger partial charge is 0.354 e. The summed E-state index contributed by atoms with van der Waals surface area (Å²) in [5.74, 6) is 0.466. The number of hydrogen-bond donors (Lipinski definition) is 2. The lowest BCUT2D eigenvalue weighted by atomic mass is 10.4. The number of amides is 3. The first kappa shape index (κ1) is 17.1. The second-order valence-electron chi connectivity index (χ2n) is 5.29. The number of aliphatic imine (C=N–C) groups is 1. The third-order valence-electron chi connectivity index (χ3n) is 3.60. The van der Waals surface area contributed by atoms with Crippen molar-refractivity contribution in [3.63, 3.8) is 0 Å². The summed E-state index contributed by atoms with van der Waals surface area (Å²) < 4.78 is 1.96. The topological polar surface area (TPSA) is 82.0 Å². The van der Waals surface area contributed by atoms with Gasteiger partial charge in [0.1, 0.15) is 0 Å². The first-order valence-corrected chi connectivity index (χ1v) is 7.61. The van der Waals surface area contributed by atoms with E-state index in [1.807, 2.05) is 35.8 Å². The maximum atomic E-state index is 11.5. The second kappa shape index (κ2) is 7.36. The fourth-order valence-corrected chi connectivity index (χ4v) is 2.66. The number of rotatable bonds is 5. The van der Waals surface area contributed by atoms with Crippen molar-refractivity contribution in [2.45, 2.75) is 6.54 Å². The summed E-state index contributed by atoms with van der Waals surface area (Å²) in [5, 5.41) is 6.32. The van der Waals surface area contributed by atoms with E-state index in [0.29, 0.717) is 30.6 Å². The average molecular weight is 341 g/mol. The Morgan fingerprint density at radius 1 is 1.52 bits per heavy atom. The third kappa shape index (κ3) is 4.16. The fraction of sp³-hybridized carbons (Fsp3) is 0.500. The van der Waals surface area contributed by atoms with Gasteiger partial charge in [-0.25, -0.2) is 4.79 Å². The Balaban J connectivity index is 1.86. The molecule has 1 aromatic rings. The summed E-state index contributed by atoms with van der Waals surface area (Å²) >= 11 is 5.99. The van der Waals surface area contributed by atoms with Gasteiger partial charge in [0, 0.05) is 46.1 Å². The molecule has 2 rings (SSSR count). The minimum Gasteiger partial charge on any atom is -0.354 e. The van der Waals surface area contributed by atoms with Crippen LogP contribution in [0.25, 0.3) is 0 Å². The summed E-state index contributed by atoms with van der Waals surface area (Å²) in [6, 6.07) is 1.55. The quantitative estimate of drug-likeness (QED) is 0.457. The number of nitrogens with zero attached hydrogens (tertiary/aromatic N) is 4. The second-order valence-corrected chi connectivity index (χ2v) is 5.73. The molecule has 0 radical (unpaired) electrons. The van der Waals surface area contributed by atoms with Crippen molar-refractivity contribution in [1.82, 2.24) is 25.0 Å². The van der Waals surface area contributed by atoms with Crippen LogP contribution in [-0.2, 0) is 18.4 Å². The summed E-state index contributed by atoms with van der Waals surface area (Å²) in [6.07, 6.45) is 1.85. The van der Waals surface area contributed by atoms with Gasteiger partial charge >= 0.3 is 6.03 Å². The van der Waals surface area contributed by atoms with Gasteiger partial charge in [0.25, 0.3) is 0 Å². The molecule has 0 saturated carbocycles. The highest BCUT2D eigenvalue weighted by atomic mass is 35.5. The number of aryl methyl sites for hydroxylation is 1. The monoisotopic (exact) mass is 340 g/mol. The number of guanidine groups is 1. The number of hydrogen-bond acceptors (Lipinski definition) is 3. The van der Waals surface area contributed by atoms with E-state index in [4.69, 9.17) is 11.6 Å². The van der Waals surface area contributed by atoms with Gasteiger partial charge in [-0.3, -0.25) is 14.7 Å². The normalized spacial score (nSPS) is 15.1. The van der Waals surface area contributed by atoms with Gasteiger partial charge in [0.15, 0.2) is 5.96 Å². The zero-order valence-corrected chi connectivity index (χ0v) is 14.2. The molecule has 1 saturated heterocycles. The van der Waals surface area contributed by atoms with E-state index < -0.39 is 0 Å². The number of carbonyl (C=O) groups excluding carboxylic acids is 2. The molecule has 0 unspecified atom stereocenters. The van der Waals surface area contributed by atoms with Crippen molar-refractivity contribution in [1.29, 1.82) is 0 Å². The van der Waals surface area contributed by atoms with Crippen molar-refractivity contribution < 1.29 is 9.59 Å². The first-order valence-electron chi connectivity index (χ1n) is 7.23. The Morgan fingerprint density at radius 2 is 2.26 bits per heavy atom. The standard InChI is InChI=1S/C14H21ClN6O2/c1-16-13(17-4-5-21-12(22)7-18-14(21)23)20(3)9-11-6-10(15)8-19(11)2/h6,8H,4-5,7,9H2,1-3H3,(H,16,17)(H,18,23). The van der Waals surface area contributed by atoms with Crippen LogP contribution < -0.4 is 10.6 Å². The summed E-state index contributed by atoms with van der Waals surface area (Å²) in [7, 11) is 5.53. The van der Waals surface area contributed by atoms with Gasteiger partial charge < -0.3 is 20.1 Å². The SMILES string of the molecule is CN=C(NCCN1C(=O)CNC1=O)N(C)Cc1cc(Cl)cn1C. The van der Waals surface area contributed by atoms with Crippen LogP contribution in [0.5, 0.6) is 0 Å². The molecule has 0 aliphatic carbocycles. The van der Waals surface area contributed by atoms with Crippen LogP contribution in [0.2, 0.25) is 5.02 Å². The lowest BCUT2D eigenvalue weighted by Crippen LogP contribution is -2.43. The molecule has 126 valence electrons. The van der Waals surface area contributed by atoms with E-state index >= 15 is 0 Å². The molecule has 23 heavy (non-hydrogen) atoms. The van der Waals surface area contributed by atoms with Crippen LogP contribution in [0.1, 0.15) is 5.69 Å². The van der Waals surface area contributed by atoms with Crippen LogP contribution in [-0.4, -0.2) is 66.0 Å². The molecule has 0 atom stereocenters. The fourth-order valence-electron chi connectivity index (χ4n) is 2.39. The number of halogens is 1. The summed E-state index contributed by atoms with van der Waals surface area (Å²) in [6.45, 7) is 1.44. The van der Waals surface area contributed by atoms with E-state index in [9.17, 15) is 9.59 Å². The number of aromatic nitrogens is 1. The van der Waals surface area contributed by atoms with Crippen molar-refractivity contribution in [3.8, 4) is 0 Å². The minimum atomic E-state index is -0.349. The Bertz CT molecular complexity index is 611. The van der Waals surface area contributed by atoms with Gasteiger partial charge in [-0.1, -0.05) is 11.6 Å². The van der Waals surface area contributed by atoms with Gasteiger partial charge in [-0.05, 0) is 6.07 Å². The zero-order chi connectivity index (χ0) is 17.0. The smallest absolute Gasteiger partial charge is 0.324 e. The van der Waals surface area contributed by atoms with Gasteiger partial charge in [-0.15, -0.1) is 0 Å². The molecule has 0 spiro atoms. The molecule has 1 aromatic heterocycles. The maximum absolute atomic E-state index is 11.5. The highest BCUT2D eigenvalue weighted by Gasteiger charge is 2.27. The Labute approximate surface area is 140 Å². The molecule has 3 amide bonds. The van der Waals surface area contributed by atoms with Crippen LogP contribution >= 0.6 is 11.6 Å². The number of urea groups is 1. The molecule has 9 heteroatoms. The number of imide groups is 1. The van der Waals surface area contributed by atoms with Crippen LogP contribution in [0.4, 0.5) is 4.79 Å². The molecule has 0 aromatic carbocycles. The molecule has 2 heterocycles. The third-order valence-corrected chi connectivity index (χ3v) is 3.81. The van der Waals surface area contributed by atoms with Crippen molar-refractivity contribution in [2.24, 2.45) is 12.0 Å². The first-order chi connectivity index (χ1) is 10.9. The number of nitrogens with one attached hydrogen (secondary N) is 2. The molecule has 2 N–H and O–H groups in total. The highest BCUT2D eigenvalue weighted by Crippen LogP contribution is 2.14. The molecule has 8 nitrogen and oxygen atoms in total. The van der Waals surface area contributed by atoms with E-state index in [2.05, 4.69) is 15.6 Å². The molecule has 1 aliphatic heterocycles. The molecule has 0 bridgehead atoms. The van der Waals surface area contributed by atoms with Crippen LogP contribution in [0.15, 0.2) is 17.3 Å². The minimum absolute atomic E-state index is 0.0711. The van der Waals surface area contributed by atoms with E-state index in [-0.39, 0.29) is 18.5 Å². The zero-order valence-electron chi connectivity index (χ0n) is 13.5. The van der Waals surface area contributed by atoms with E-state index in [1.165, 1.54) is 4.90 Å². The predicted molar refractivity (Wildman–Crippen MR) is 88.4 cm³/mol. The van der Waals surface area contributed by atoms with Crippen LogP contribution in [0, 0.1) is 0 Å². The lowest BCUT2D eigenvalue weighted by Gasteiger charge is -2.23. The van der Waals surface area contributed by atoms with Crippen molar-refractivity contribution >= 4 is 29.5 Å². The Kier molecular flexibility index (Phi) is 5.49. The summed E-state index contributed by atoms with van der Waals surface area (Å²) in [4.78, 5) is 30.3. The van der Waals surface area contributed by atoms with Gasteiger partial charge in [-0.2, -0.15) is 0 Å². The van der Waals surface area contributed by atoms with E-state index in [1.54, 1.807) is 7.05 Å². The van der Waals surface area contributed by atoms with E-state index in [0.717, 1.165) is 5.69 Å². The number of carbonyl (C=O) groups is 2. The van der Waals surface area contributed by atoms with Crippen LogP contribution in [0.3, 0.4) is 0 Å². The van der Waals surface area contributed by atoms with Gasteiger partial charge in [0.05, 0.1) is 18.1 Å². The maximum Gasteiger partial charge on any atom is 0.324 e. The lowest BCUT2D eigenvalue weighted by molar-refractivity contribution is -0.124.